The van der Waals surface area contributed by atoms with Crippen LogP contribution < -0.4 is 11.1 Å². The molecule has 4 nitrogen and oxygen atoms in total. The molecule has 0 unspecified atom stereocenters. The van der Waals surface area contributed by atoms with E-state index >= 15 is 0 Å². The summed E-state index contributed by atoms with van der Waals surface area (Å²) in [6.45, 7) is 0. The highest BCUT2D eigenvalue weighted by Crippen LogP contribution is 2.31. The van der Waals surface area contributed by atoms with Crippen LogP contribution in [0.4, 0.5) is 11.4 Å². The van der Waals surface area contributed by atoms with Crippen LogP contribution in [-0.4, -0.2) is 10.9 Å². The first-order valence-electron chi connectivity index (χ1n) is 7.12. The van der Waals surface area contributed by atoms with Gasteiger partial charge < -0.3 is 11.1 Å². The number of hydrogen-bond acceptors (Lipinski definition) is 3. The van der Waals surface area contributed by atoms with E-state index in [2.05, 4.69) is 10.3 Å². The van der Waals surface area contributed by atoms with E-state index in [-0.39, 0.29) is 11.1 Å². The topological polar surface area (TPSA) is 68.0 Å². The molecule has 1 aromatic heterocycles. The van der Waals surface area contributed by atoms with Crippen LogP contribution >= 0.6 is 23.2 Å². The summed E-state index contributed by atoms with van der Waals surface area (Å²) in [7, 11) is 0. The lowest BCUT2D eigenvalue weighted by Crippen LogP contribution is -2.13. The molecule has 0 atom stereocenters. The van der Waals surface area contributed by atoms with Crippen LogP contribution in [-0.2, 0) is 0 Å². The highest BCUT2D eigenvalue weighted by molar-refractivity contribution is 6.33. The van der Waals surface area contributed by atoms with E-state index in [4.69, 9.17) is 28.9 Å². The van der Waals surface area contributed by atoms with E-state index in [0.717, 1.165) is 11.1 Å². The van der Waals surface area contributed by atoms with E-state index < -0.39 is 0 Å². The van der Waals surface area contributed by atoms with Gasteiger partial charge in [0.05, 0.1) is 5.56 Å². The van der Waals surface area contributed by atoms with Crippen molar-refractivity contribution in [1.29, 1.82) is 0 Å². The first-order valence-corrected chi connectivity index (χ1v) is 7.87. The molecule has 0 spiro atoms. The number of rotatable bonds is 3. The zero-order valence-electron chi connectivity index (χ0n) is 12.5. The molecule has 0 saturated carbocycles. The molecule has 24 heavy (non-hydrogen) atoms. The quantitative estimate of drug-likeness (QED) is 0.517. The Bertz CT molecular complexity index is 895. The van der Waals surface area contributed by atoms with Crippen molar-refractivity contribution >= 4 is 40.5 Å². The Hall–Kier alpha value is -2.56. The van der Waals surface area contributed by atoms with Gasteiger partial charge in [-0.25, -0.2) is 4.98 Å². The molecule has 3 aromatic rings. The fraction of sp³-hybridized carbons (Fsp3) is 0. The van der Waals surface area contributed by atoms with E-state index in [9.17, 15) is 4.79 Å². The molecule has 120 valence electrons. The predicted molar refractivity (Wildman–Crippen MR) is 98.5 cm³/mol. The Morgan fingerprint density at radius 3 is 2.50 bits per heavy atom. The Kier molecular flexibility index (Phi) is 4.69. The number of nitrogens with zero attached hydrogens (tertiary/aromatic N) is 1. The molecule has 1 amide bonds. The van der Waals surface area contributed by atoms with Gasteiger partial charge in [-0.1, -0.05) is 35.3 Å². The van der Waals surface area contributed by atoms with E-state index in [0.29, 0.717) is 22.0 Å². The van der Waals surface area contributed by atoms with Crippen LogP contribution in [0.3, 0.4) is 0 Å². The molecule has 1 heterocycles. The summed E-state index contributed by atoms with van der Waals surface area (Å²) in [5, 5.41) is 3.64. The zero-order chi connectivity index (χ0) is 17.1. The van der Waals surface area contributed by atoms with Crippen molar-refractivity contribution in [3.05, 3.63) is 76.5 Å². The van der Waals surface area contributed by atoms with Crippen LogP contribution in [0.1, 0.15) is 10.4 Å². The summed E-state index contributed by atoms with van der Waals surface area (Å²) in [5.41, 5.74) is 9.09. The molecule has 6 heteroatoms. The SMILES string of the molecule is Nc1ccc(NC(=O)c2cccnc2Cl)c(-c2ccc(Cl)cc2)c1. The highest BCUT2D eigenvalue weighted by Gasteiger charge is 2.14. The third kappa shape index (κ3) is 3.50. The van der Waals surface area contributed by atoms with Crippen molar-refractivity contribution in [2.75, 3.05) is 11.1 Å². The average molecular weight is 358 g/mol. The lowest BCUT2D eigenvalue weighted by molar-refractivity contribution is 0.102. The Morgan fingerprint density at radius 2 is 1.79 bits per heavy atom. The lowest BCUT2D eigenvalue weighted by Gasteiger charge is -2.13. The number of halogens is 2. The number of nitrogens with two attached hydrogens (primary N) is 1. The van der Waals surface area contributed by atoms with Crippen molar-refractivity contribution in [3.63, 3.8) is 0 Å². The van der Waals surface area contributed by atoms with Gasteiger partial charge >= 0.3 is 0 Å². The second kappa shape index (κ2) is 6.91. The minimum atomic E-state index is -0.340. The number of hydrogen-bond donors (Lipinski definition) is 2. The highest BCUT2D eigenvalue weighted by atomic mass is 35.5. The predicted octanol–water partition coefficient (Wildman–Crippen LogP) is 4.89. The second-order valence-corrected chi connectivity index (χ2v) is 5.90. The van der Waals surface area contributed by atoms with E-state index in [1.165, 1.54) is 6.20 Å². The molecule has 0 radical (unpaired) electrons. The third-order valence-electron chi connectivity index (χ3n) is 3.45. The molecular weight excluding hydrogens is 345 g/mol. The molecule has 3 rings (SSSR count). The van der Waals surface area contributed by atoms with E-state index in [1.807, 2.05) is 12.1 Å². The van der Waals surface area contributed by atoms with Gasteiger partial charge in [-0.05, 0) is 48.0 Å². The number of nitrogens with one attached hydrogen (secondary N) is 1. The van der Waals surface area contributed by atoms with Crippen molar-refractivity contribution in [3.8, 4) is 11.1 Å². The van der Waals surface area contributed by atoms with Gasteiger partial charge in [-0.3, -0.25) is 4.79 Å². The van der Waals surface area contributed by atoms with Gasteiger partial charge in [-0.2, -0.15) is 0 Å². The number of pyridine rings is 1. The fourth-order valence-corrected chi connectivity index (χ4v) is 2.62. The van der Waals surface area contributed by atoms with Crippen LogP contribution in [0.15, 0.2) is 60.8 Å². The number of carbonyl (C=O) groups excluding carboxylic acids is 1. The maximum absolute atomic E-state index is 12.5. The van der Waals surface area contributed by atoms with Crippen molar-refractivity contribution < 1.29 is 4.79 Å². The summed E-state index contributed by atoms with van der Waals surface area (Å²) in [6, 6.07) is 15.8. The van der Waals surface area contributed by atoms with Gasteiger partial charge in [0.2, 0.25) is 0 Å². The Morgan fingerprint density at radius 1 is 1.04 bits per heavy atom. The minimum Gasteiger partial charge on any atom is -0.399 e. The van der Waals surface area contributed by atoms with Crippen LogP contribution in [0.2, 0.25) is 10.2 Å². The number of carbonyl (C=O) groups is 1. The molecule has 0 fully saturated rings. The molecule has 0 aliphatic rings. The molecule has 2 aromatic carbocycles. The van der Waals surface area contributed by atoms with Gasteiger partial charge in [0.1, 0.15) is 5.15 Å². The Labute approximate surface area is 149 Å². The maximum Gasteiger partial charge on any atom is 0.258 e. The average Bonchev–Trinajstić information content (AvgIpc) is 2.57. The zero-order valence-corrected chi connectivity index (χ0v) is 14.0. The summed E-state index contributed by atoms with van der Waals surface area (Å²) < 4.78 is 0. The summed E-state index contributed by atoms with van der Waals surface area (Å²) in [5.74, 6) is -0.340. The van der Waals surface area contributed by atoms with Gasteiger partial charge in [0.25, 0.3) is 5.91 Å². The molecule has 0 aliphatic heterocycles. The van der Waals surface area contributed by atoms with Crippen LogP contribution in [0, 0.1) is 0 Å². The van der Waals surface area contributed by atoms with Crippen LogP contribution in [0.25, 0.3) is 11.1 Å². The fourth-order valence-electron chi connectivity index (χ4n) is 2.28. The monoisotopic (exact) mass is 357 g/mol. The minimum absolute atomic E-state index is 0.151. The van der Waals surface area contributed by atoms with Gasteiger partial charge in [-0.15, -0.1) is 0 Å². The van der Waals surface area contributed by atoms with Crippen molar-refractivity contribution in [1.82, 2.24) is 4.98 Å². The smallest absolute Gasteiger partial charge is 0.258 e. The molecule has 0 bridgehead atoms. The van der Waals surface area contributed by atoms with Crippen LogP contribution in [0.5, 0.6) is 0 Å². The van der Waals surface area contributed by atoms with Crippen molar-refractivity contribution in [2.24, 2.45) is 0 Å². The molecule has 3 N–H and O–H groups in total. The first kappa shape index (κ1) is 16.3. The Balaban J connectivity index is 1.98. The summed E-state index contributed by atoms with van der Waals surface area (Å²) >= 11 is 11.9. The molecular formula is C18H13Cl2N3O. The standard InChI is InChI=1S/C18H13Cl2N3O/c19-12-5-3-11(4-6-12)15-10-13(21)7-8-16(15)23-18(24)14-2-1-9-22-17(14)20/h1-10H,21H2,(H,23,24). The molecule has 0 saturated heterocycles. The van der Waals surface area contributed by atoms with Crippen molar-refractivity contribution in [2.45, 2.75) is 0 Å². The van der Waals surface area contributed by atoms with Gasteiger partial charge in [0.15, 0.2) is 0 Å². The van der Waals surface area contributed by atoms with Gasteiger partial charge in [0, 0.05) is 28.2 Å². The number of benzene rings is 2. The summed E-state index contributed by atoms with van der Waals surface area (Å²) in [6.07, 6.45) is 1.53. The third-order valence-corrected chi connectivity index (χ3v) is 4.00. The lowest BCUT2D eigenvalue weighted by atomic mass is 10.0. The number of aromatic nitrogens is 1. The first-order chi connectivity index (χ1) is 11.5. The normalized spacial score (nSPS) is 10.4. The number of amides is 1. The largest absolute Gasteiger partial charge is 0.399 e. The molecule has 0 aliphatic carbocycles. The second-order valence-electron chi connectivity index (χ2n) is 5.11. The number of anilines is 2. The maximum atomic E-state index is 12.5. The summed E-state index contributed by atoms with van der Waals surface area (Å²) in [4.78, 5) is 16.4. The number of nitrogen functional groups attached to an aromatic ring is 1. The van der Waals surface area contributed by atoms with E-state index in [1.54, 1.807) is 42.5 Å².